The molecule has 1 heterocycles. The first kappa shape index (κ1) is 14.8. The highest BCUT2D eigenvalue weighted by atomic mass is 16.6. The number of aliphatic hydroxyl groups excluding tert-OH is 1. The highest BCUT2D eigenvalue weighted by Crippen LogP contribution is 2.26. The van der Waals surface area contributed by atoms with Gasteiger partial charge in [0.15, 0.2) is 0 Å². The summed E-state index contributed by atoms with van der Waals surface area (Å²) in [6.07, 6.45) is -0.847. The third-order valence-electron chi connectivity index (χ3n) is 2.93. The van der Waals surface area contributed by atoms with Crippen molar-refractivity contribution in [1.29, 1.82) is 0 Å². The van der Waals surface area contributed by atoms with Gasteiger partial charge in [0.2, 0.25) is 0 Å². The molecule has 0 amide bonds. The quantitative estimate of drug-likeness (QED) is 0.721. The third-order valence-corrected chi connectivity index (χ3v) is 2.93. The second kappa shape index (κ2) is 6.26. The lowest BCUT2D eigenvalue weighted by Crippen LogP contribution is -2.34. The van der Waals surface area contributed by atoms with Crippen LogP contribution in [0.5, 0.6) is 5.75 Å². The molecule has 108 valence electrons. The zero-order valence-electron chi connectivity index (χ0n) is 11.5. The van der Waals surface area contributed by atoms with E-state index in [0.717, 1.165) is 11.0 Å². The molecule has 1 aromatic rings. The molecular weight excluding hydrogens is 261 g/mol. The van der Waals surface area contributed by atoms with Gasteiger partial charge in [-0.3, -0.25) is 4.79 Å². The van der Waals surface area contributed by atoms with E-state index in [0.29, 0.717) is 12.3 Å². The minimum Gasteiger partial charge on any atom is -0.506 e. The number of ether oxygens (including phenoxy) is 1. The fourth-order valence-corrected chi connectivity index (χ4v) is 2.08. The summed E-state index contributed by atoms with van der Waals surface area (Å²) in [7, 11) is -0.758. The van der Waals surface area contributed by atoms with Crippen molar-refractivity contribution in [1.82, 2.24) is 0 Å². The van der Waals surface area contributed by atoms with Crippen LogP contribution < -0.4 is 15.9 Å². The van der Waals surface area contributed by atoms with Crippen LogP contribution in [0.1, 0.15) is 25.5 Å². The first-order valence-corrected chi connectivity index (χ1v) is 6.48. The van der Waals surface area contributed by atoms with E-state index in [1.165, 1.54) is 6.92 Å². The molecule has 7 heteroatoms. The average molecular weight is 279 g/mol. The third kappa shape index (κ3) is 3.30. The maximum atomic E-state index is 11.1. The van der Waals surface area contributed by atoms with E-state index in [1.54, 1.807) is 19.1 Å². The Balaban J connectivity index is 2.22. The van der Waals surface area contributed by atoms with Gasteiger partial charge < -0.3 is 24.9 Å². The molecule has 0 fully saturated rings. The molecule has 0 saturated carbocycles. The van der Waals surface area contributed by atoms with Gasteiger partial charge in [0, 0.05) is 18.9 Å². The molecule has 1 aliphatic heterocycles. The Morgan fingerprint density at radius 1 is 1.60 bits per heavy atom. The SMILES string of the molecule is CC(=O)OB1OC(CN)c2ccc(OCC(C)O)cc21. The number of fused-ring (bicyclic) bond motifs is 1. The summed E-state index contributed by atoms with van der Waals surface area (Å²) >= 11 is 0. The number of aliphatic hydroxyl groups is 1. The predicted octanol–water partition coefficient (Wildman–Crippen LogP) is -0.266. The Bertz CT molecular complexity index is 494. The maximum Gasteiger partial charge on any atom is 0.565 e. The van der Waals surface area contributed by atoms with Gasteiger partial charge in [0.05, 0.1) is 12.2 Å². The fraction of sp³-hybridized carbons (Fsp3) is 0.462. The van der Waals surface area contributed by atoms with Gasteiger partial charge in [-0.15, -0.1) is 0 Å². The number of carbonyl (C=O) groups excluding carboxylic acids is 1. The monoisotopic (exact) mass is 279 g/mol. The normalized spacial score (nSPS) is 18.6. The summed E-state index contributed by atoms with van der Waals surface area (Å²) in [6.45, 7) is 3.46. The number of benzene rings is 1. The van der Waals surface area contributed by atoms with Gasteiger partial charge in [-0.2, -0.15) is 0 Å². The molecule has 0 radical (unpaired) electrons. The molecule has 2 unspecified atom stereocenters. The van der Waals surface area contributed by atoms with Crippen LogP contribution in [0.25, 0.3) is 0 Å². The summed E-state index contributed by atoms with van der Waals surface area (Å²) in [5.74, 6) is 0.164. The highest BCUT2D eigenvalue weighted by Gasteiger charge is 2.39. The molecule has 0 saturated heterocycles. The first-order chi connectivity index (χ1) is 9.51. The average Bonchev–Trinajstić information content (AvgIpc) is 2.73. The van der Waals surface area contributed by atoms with E-state index in [1.807, 2.05) is 6.07 Å². The van der Waals surface area contributed by atoms with Crippen LogP contribution in [0, 0.1) is 0 Å². The standard InChI is InChI=1S/C13H18BNO5/c1-8(16)7-18-10-3-4-11-12(5-10)14(19-9(2)17)20-13(11)6-15/h3-5,8,13,16H,6-7,15H2,1-2H3. The number of nitrogens with two attached hydrogens (primary N) is 1. The van der Waals surface area contributed by atoms with E-state index >= 15 is 0 Å². The van der Waals surface area contributed by atoms with Crippen LogP contribution >= 0.6 is 0 Å². The Morgan fingerprint density at radius 3 is 2.95 bits per heavy atom. The van der Waals surface area contributed by atoms with Crippen molar-refractivity contribution < 1.29 is 23.9 Å². The van der Waals surface area contributed by atoms with Crippen LogP contribution in [-0.4, -0.2) is 37.4 Å². The zero-order valence-corrected chi connectivity index (χ0v) is 11.5. The first-order valence-electron chi connectivity index (χ1n) is 6.48. The summed E-state index contributed by atoms with van der Waals surface area (Å²) < 4.78 is 16.2. The zero-order chi connectivity index (χ0) is 14.7. The van der Waals surface area contributed by atoms with Crippen molar-refractivity contribution in [2.24, 2.45) is 5.73 Å². The van der Waals surface area contributed by atoms with Crippen LogP contribution in [0.15, 0.2) is 18.2 Å². The van der Waals surface area contributed by atoms with Gasteiger partial charge >= 0.3 is 7.12 Å². The summed E-state index contributed by atoms with van der Waals surface area (Å²) in [4.78, 5) is 11.1. The van der Waals surface area contributed by atoms with Gasteiger partial charge in [-0.25, -0.2) is 0 Å². The molecular formula is C13H18BNO5. The number of hydrogen-bond donors (Lipinski definition) is 2. The molecule has 2 rings (SSSR count). The second-order valence-corrected chi connectivity index (χ2v) is 4.75. The van der Waals surface area contributed by atoms with Crippen LogP contribution in [-0.2, 0) is 14.1 Å². The Kier molecular flexibility index (Phi) is 4.64. The van der Waals surface area contributed by atoms with E-state index < -0.39 is 19.2 Å². The smallest absolute Gasteiger partial charge is 0.506 e. The molecule has 20 heavy (non-hydrogen) atoms. The van der Waals surface area contributed by atoms with Crippen molar-refractivity contribution >= 4 is 18.6 Å². The highest BCUT2D eigenvalue weighted by molar-refractivity contribution is 6.64. The molecule has 0 aliphatic carbocycles. The van der Waals surface area contributed by atoms with Crippen molar-refractivity contribution in [2.75, 3.05) is 13.2 Å². The largest absolute Gasteiger partial charge is 0.565 e. The van der Waals surface area contributed by atoms with Crippen LogP contribution in [0.3, 0.4) is 0 Å². The van der Waals surface area contributed by atoms with Crippen molar-refractivity contribution in [3.8, 4) is 5.75 Å². The molecule has 3 N–H and O–H groups in total. The molecule has 0 aromatic heterocycles. The molecule has 2 atom stereocenters. The second-order valence-electron chi connectivity index (χ2n) is 4.75. The van der Waals surface area contributed by atoms with Gasteiger partial charge in [0.25, 0.3) is 5.97 Å². The fourth-order valence-electron chi connectivity index (χ4n) is 2.08. The lowest BCUT2D eigenvalue weighted by molar-refractivity contribution is -0.133. The van der Waals surface area contributed by atoms with E-state index in [-0.39, 0.29) is 12.7 Å². The number of hydrogen-bond acceptors (Lipinski definition) is 6. The summed E-state index contributed by atoms with van der Waals surface area (Å²) in [6, 6.07) is 5.37. The number of carbonyl (C=O) groups is 1. The minimum atomic E-state index is -0.758. The van der Waals surface area contributed by atoms with E-state index in [2.05, 4.69) is 0 Å². The topological polar surface area (TPSA) is 91.0 Å². The van der Waals surface area contributed by atoms with Gasteiger partial charge in [0.1, 0.15) is 12.4 Å². The van der Waals surface area contributed by atoms with Crippen LogP contribution in [0.2, 0.25) is 0 Å². The van der Waals surface area contributed by atoms with Gasteiger partial charge in [-0.05, 0) is 24.6 Å². The van der Waals surface area contributed by atoms with Crippen LogP contribution in [0.4, 0.5) is 0 Å². The molecule has 0 spiro atoms. The lowest BCUT2D eigenvalue weighted by atomic mass is 9.78. The van der Waals surface area contributed by atoms with Crippen molar-refractivity contribution in [2.45, 2.75) is 26.1 Å². The molecule has 0 bridgehead atoms. The lowest BCUT2D eigenvalue weighted by Gasteiger charge is -2.10. The molecule has 1 aromatic carbocycles. The van der Waals surface area contributed by atoms with Gasteiger partial charge in [-0.1, -0.05) is 6.07 Å². The number of rotatable bonds is 5. The minimum absolute atomic E-state index is 0.193. The van der Waals surface area contributed by atoms with E-state index in [9.17, 15) is 9.90 Å². The van der Waals surface area contributed by atoms with Crippen molar-refractivity contribution in [3.05, 3.63) is 23.8 Å². The predicted molar refractivity (Wildman–Crippen MR) is 73.7 cm³/mol. The Morgan fingerprint density at radius 2 is 2.35 bits per heavy atom. The summed E-state index contributed by atoms with van der Waals surface area (Å²) in [5.41, 5.74) is 7.28. The molecule has 6 nitrogen and oxygen atoms in total. The Labute approximate surface area is 118 Å². The molecule has 1 aliphatic rings. The summed E-state index contributed by atoms with van der Waals surface area (Å²) in [5, 5.41) is 9.22. The van der Waals surface area contributed by atoms with E-state index in [4.69, 9.17) is 19.8 Å². The maximum absolute atomic E-state index is 11.1. The Hall–Kier alpha value is -1.57. The van der Waals surface area contributed by atoms with Crippen molar-refractivity contribution in [3.63, 3.8) is 0 Å².